The van der Waals surface area contributed by atoms with Crippen LogP contribution in [0.5, 0.6) is 0 Å². The van der Waals surface area contributed by atoms with Gasteiger partial charge in [-0.25, -0.2) is 0 Å². The van der Waals surface area contributed by atoms with Crippen molar-refractivity contribution in [2.24, 2.45) is 5.92 Å². The molecule has 5 heteroatoms. The Balaban J connectivity index is 1.49. The summed E-state index contributed by atoms with van der Waals surface area (Å²) >= 11 is 0. The highest BCUT2D eigenvalue weighted by molar-refractivity contribution is 5.92. The van der Waals surface area contributed by atoms with Gasteiger partial charge in [-0.1, -0.05) is 6.92 Å². The third-order valence-corrected chi connectivity index (χ3v) is 4.99. The van der Waals surface area contributed by atoms with Gasteiger partial charge >= 0.3 is 0 Å². The summed E-state index contributed by atoms with van der Waals surface area (Å²) < 4.78 is 0. The lowest BCUT2D eigenvalue weighted by atomic mass is 9.96. The highest BCUT2D eigenvalue weighted by Crippen LogP contribution is 2.22. The number of amides is 1. The normalized spacial score (nSPS) is 25.6. The van der Waals surface area contributed by atoms with Crippen LogP contribution in [-0.2, 0) is 4.79 Å². The number of rotatable bonds is 4. The van der Waals surface area contributed by atoms with Gasteiger partial charge in [-0.3, -0.25) is 9.69 Å². The van der Waals surface area contributed by atoms with Crippen molar-refractivity contribution in [2.45, 2.75) is 32.3 Å². The fourth-order valence-electron chi connectivity index (χ4n) is 3.39. The smallest absolute Gasteiger partial charge is 0.238 e. The molecule has 0 radical (unpaired) electrons. The molecule has 0 aromatic heterocycles. The highest BCUT2D eigenvalue weighted by atomic mass is 16.3. The first-order chi connectivity index (χ1) is 11.1. The van der Waals surface area contributed by atoms with E-state index in [9.17, 15) is 9.90 Å². The third-order valence-electron chi connectivity index (χ3n) is 4.99. The number of aliphatic hydroxyl groups is 1. The van der Waals surface area contributed by atoms with Crippen molar-refractivity contribution < 1.29 is 9.90 Å². The largest absolute Gasteiger partial charge is 0.392 e. The van der Waals surface area contributed by atoms with Crippen molar-refractivity contribution in [3.05, 3.63) is 24.3 Å². The summed E-state index contributed by atoms with van der Waals surface area (Å²) in [7, 11) is 0. The molecule has 23 heavy (non-hydrogen) atoms. The maximum Gasteiger partial charge on any atom is 0.238 e. The van der Waals surface area contributed by atoms with Gasteiger partial charge < -0.3 is 15.3 Å². The number of nitrogens with zero attached hydrogens (tertiary/aromatic N) is 2. The number of nitrogens with one attached hydrogen (secondary N) is 1. The predicted molar refractivity (Wildman–Crippen MR) is 92.7 cm³/mol. The van der Waals surface area contributed by atoms with E-state index in [4.69, 9.17) is 0 Å². The van der Waals surface area contributed by atoms with Crippen LogP contribution in [0.15, 0.2) is 24.3 Å². The van der Waals surface area contributed by atoms with Crippen LogP contribution in [0.25, 0.3) is 0 Å². The lowest BCUT2D eigenvalue weighted by Crippen LogP contribution is -2.45. The van der Waals surface area contributed by atoms with Crippen molar-refractivity contribution in [1.82, 2.24) is 4.90 Å². The highest BCUT2D eigenvalue weighted by Gasteiger charge is 2.25. The molecule has 2 N–H and O–H groups in total. The van der Waals surface area contributed by atoms with Crippen molar-refractivity contribution >= 4 is 17.3 Å². The van der Waals surface area contributed by atoms with E-state index in [0.717, 1.165) is 31.7 Å². The minimum Gasteiger partial charge on any atom is -0.392 e. The van der Waals surface area contributed by atoms with Gasteiger partial charge in [-0.2, -0.15) is 0 Å². The Kier molecular flexibility index (Phi) is 5.18. The first-order valence-corrected chi connectivity index (χ1v) is 8.67. The molecule has 0 saturated carbocycles. The number of carbonyl (C=O) groups is 1. The molecule has 3 rings (SSSR count). The molecule has 2 saturated heterocycles. The Labute approximate surface area is 138 Å². The van der Waals surface area contributed by atoms with Crippen molar-refractivity contribution in [3.8, 4) is 0 Å². The maximum absolute atomic E-state index is 12.2. The van der Waals surface area contributed by atoms with Crippen LogP contribution in [0.2, 0.25) is 0 Å². The number of benzene rings is 1. The van der Waals surface area contributed by atoms with Gasteiger partial charge in [0.05, 0.1) is 12.6 Å². The topological polar surface area (TPSA) is 55.8 Å². The molecule has 2 unspecified atom stereocenters. The molecule has 0 spiro atoms. The van der Waals surface area contributed by atoms with Crippen molar-refractivity contribution in [2.75, 3.05) is 42.9 Å². The van der Waals surface area contributed by atoms with E-state index in [0.29, 0.717) is 19.0 Å². The Morgan fingerprint density at radius 1 is 1.22 bits per heavy atom. The molecule has 1 amide bonds. The molecule has 2 atom stereocenters. The summed E-state index contributed by atoms with van der Waals surface area (Å²) in [5, 5.41) is 12.9. The average Bonchev–Trinajstić information content (AvgIpc) is 3.06. The number of anilines is 2. The summed E-state index contributed by atoms with van der Waals surface area (Å²) in [5.74, 6) is 0.313. The molecule has 2 aliphatic rings. The zero-order chi connectivity index (χ0) is 16.2. The van der Waals surface area contributed by atoms with Gasteiger partial charge in [0.25, 0.3) is 0 Å². The van der Waals surface area contributed by atoms with Crippen molar-refractivity contribution in [1.29, 1.82) is 0 Å². The van der Waals surface area contributed by atoms with Crippen LogP contribution in [0.3, 0.4) is 0 Å². The third kappa shape index (κ3) is 4.24. The second-order valence-electron chi connectivity index (χ2n) is 6.86. The summed E-state index contributed by atoms with van der Waals surface area (Å²) in [6.07, 6.45) is 3.15. The summed E-state index contributed by atoms with van der Waals surface area (Å²) in [4.78, 5) is 16.6. The quantitative estimate of drug-likeness (QED) is 0.891. The molecule has 0 aliphatic carbocycles. The van der Waals surface area contributed by atoms with Crippen LogP contribution in [0.1, 0.15) is 26.2 Å². The monoisotopic (exact) mass is 317 g/mol. The first kappa shape index (κ1) is 16.3. The predicted octanol–water partition coefficient (Wildman–Crippen LogP) is 1.93. The number of aliphatic hydroxyl groups excluding tert-OH is 1. The average molecular weight is 317 g/mol. The molecular formula is C18H27N3O2. The fourth-order valence-corrected chi connectivity index (χ4v) is 3.39. The van der Waals surface area contributed by atoms with E-state index in [-0.39, 0.29) is 12.0 Å². The van der Waals surface area contributed by atoms with Crippen LogP contribution in [-0.4, -0.2) is 54.7 Å². The lowest BCUT2D eigenvalue weighted by Gasteiger charge is -2.33. The standard InChI is InChI=1S/C18H27N3O2/c1-14-8-11-20(12-17(14)22)13-18(23)19-15-4-6-16(7-5-15)21-9-2-3-10-21/h4-7,14,17,22H,2-3,8-13H2,1H3,(H,19,23). The minimum absolute atomic E-state index is 0.0133. The van der Waals surface area contributed by atoms with E-state index >= 15 is 0 Å². The lowest BCUT2D eigenvalue weighted by molar-refractivity contribution is -0.118. The Hall–Kier alpha value is -1.59. The molecule has 2 heterocycles. The number of piperidine rings is 1. The molecule has 0 bridgehead atoms. The Bertz CT molecular complexity index is 526. The van der Waals surface area contributed by atoms with Gasteiger partial charge in [-0.05, 0) is 56.0 Å². The summed E-state index contributed by atoms with van der Waals surface area (Å²) in [6.45, 7) is 6.12. The fraction of sp³-hybridized carbons (Fsp3) is 0.611. The number of carbonyl (C=O) groups excluding carboxylic acids is 1. The van der Waals surface area contributed by atoms with Crippen LogP contribution in [0.4, 0.5) is 11.4 Å². The number of likely N-dealkylation sites (tertiary alicyclic amines) is 1. The van der Waals surface area contributed by atoms with Crippen LogP contribution >= 0.6 is 0 Å². The van der Waals surface area contributed by atoms with E-state index in [1.165, 1.54) is 18.5 Å². The number of β-amino-alcohol motifs (C(OH)–C–C–N with tert-alkyl or cyclic N) is 1. The molecule has 1 aromatic rings. The number of hydrogen-bond donors (Lipinski definition) is 2. The SMILES string of the molecule is CC1CCN(CC(=O)Nc2ccc(N3CCCC3)cc2)CC1O. The van der Waals surface area contributed by atoms with E-state index in [1.54, 1.807) is 0 Å². The van der Waals surface area contributed by atoms with Crippen LogP contribution < -0.4 is 10.2 Å². The van der Waals surface area contributed by atoms with Gasteiger partial charge in [0.2, 0.25) is 5.91 Å². The second kappa shape index (κ2) is 7.32. The van der Waals surface area contributed by atoms with Gasteiger partial charge in [0, 0.05) is 31.0 Å². The van der Waals surface area contributed by atoms with Gasteiger partial charge in [0.1, 0.15) is 0 Å². The maximum atomic E-state index is 12.2. The molecule has 5 nitrogen and oxygen atoms in total. The summed E-state index contributed by atoms with van der Waals surface area (Å²) in [5.41, 5.74) is 2.07. The van der Waals surface area contributed by atoms with Crippen molar-refractivity contribution in [3.63, 3.8) is 0 Å². The van der Waals surface area contributed by atoms with E-state index in [1.807, 2.05) is 17.0 Å². The molecule has 126 valence electrons. The molecule has 2 fully saturated rings. The zero-order valence-electron chi connectivity index (χ0n) is 13.9. The summed E-state index contributed by atoms with van der Waals surface area (Å²) in [6, 6.07) is 8.10. The van der Waals surface area contributed by atoms with Gasteiger partial charge in [0.15, 0.2) is 0 Å². The van der Waals surface area contributed by atoms with Crippen LogP contribution in [0, 0.1) is 5.92 Å². The van der Waals surface area contributed by atoms with Gasteiger partial charge in [-0.15, -0.1) is 0 Å². The minimum atomic E-state index is -0.323. The number of hydrogen-bond acceptors (Lipinski definition) is 4. The second-order valence-corrected chi connectivity index (χ2v) is 6.86. The Morgan fingerprint density at radius 2 is 1.91 bits per heavy atom. The molecule has 2 aliphatic heterocycles. The first-order valence-electron chi connectivity index (χ1n) is 8.67. The Morgan fingerprint density at radius 3 is 2.57 bits per heavy atom. The van der Waals surface area contributed by atoms with E-state index < -0.39 is 0 Å². The zero-order valence-corrected chi connectivity index (χ0v) is 13.9. The van der Waals surface area contributed by atoms with E-state index in [2.05, 4.69) is 29.3 Å². The molecular weight excluding hydrogens is 290 g/mol. The molecule has 1 aromatic carbocycles.